The summed E-state index contributed by atoms with van der Waals surface area (Å²) in [7, 11) is 0. The molecule has 1 aromatic carbocycles. The lowest BCUT2D eigenvalue weighted by Crippen LogP contribution is -2.46. The van der Waals surface area contributed by atoms with E-state index in [1.54, 1.807) is 4.90 Å². The number of aromatic nitrogens is 1. The normalized spacial score (nSPS) is 15.3. The molecule has 10 heteroatoms. The van der Waals surface area contributed by atoms with E-state index in [9.17, 15) is 22.8 Å². The maximum atomic E-state index is 12.8. The number of nitrogens with one attached hydrogen (secondary N) is 1. The summed E-state index contributed by atoms with van der Waals surface area (Å²) in [6.07, 6.45) is -2.48. The van der Waals surface area contributed by atoms with Gasteiger partial charge >= 0.3 is 6.18 Å². The van der Waals surface area contributed by atoms with Crippen LogP contribution < -0.4 is 10.1 Å². The number of halogens is 3. The van der Waals surface area contributed by atoms with Gasteiger partial charge in [0.2, 0.25) is 5.91 Å². The van der Waals surface area contributed by atoms with Crippen molar-refractivity contribution >= 4 is 11.8 Å². The lowest BCUT2D eigenvalue weighted by atomic mass is 10.1. The second kappa shape index (κ2) is 8.32. The highest BCUT2D eigenvalue weighted by Crippen LogP contribution is 2.32. The summed E-state index contributed by atoms with van der Waals surface area (Å²) in [5.41, 5.74) is -0.679. The van der Waals surface area contributed by atoms with Crippen LogP contribution in [0.15, 0.2) is 41.1 Å². The zero-order chi connectivity index (χ0) is 20.1. The third-order valence-corrected chi connectivity index (χ3v) is 4.33. The van der Waals surface area contributed by atoms with Gasteiger partial charge < -0.3 is 19.5 Å². The molecule has 0 spiro atoms. The van der Waals surface area contributed by atoms with Crippen molar-refractivity contribution in [2.75, 3.05) is 19.6 Å². The Kier molecular flexibility index (Phi) is 5.86. The van der Waals surface area contributed by atoms with E-state index < -0.39 is 17.6 Å². The molecular weight excluding hydrogens is 379 g/mol. The molecule has 0 aliphatic carbocycles. The topological polar surface area (TPSA) is 84.7 Å². The third-order valence-electron chi connectivity index (χ3n) is 4.33. The second-order valence-electron chi connectivity index (χ2n) is 6.29. The van der Waals surface area contributed by atoms with Crippen molar-refractivity contribution in [2.24, 2.45) is 0 Å². The molecule has 1 saturated heterocycles. The standard InChI is InChI=1S/C18H18F3N3O4/c19-18(20,21)12-2-1-3-14(10-12)28-13-4-7-24(8-5-13)16(25)11-22-17(26)15-6-9-27-23-15/h1-3,6,9-10,13H,4-5,7-8,11H2,(H,22,26). The molecule has 3 rings (SSSR count). The van der Waals surface area contributed by atoms with Crippen molar-refractivity contribution in [3.8, 4) is 5.75 Å². The zero-order valence-corrected chi connectivity index (χ0v) is 14.7. The molecule has 1 aromatic heterocycles. The van der Waals surface area contributed by atoms with E-state index in [0.717, 1.165) is 12.1 Å². The lowest BCUT2D eigenvalue weighted by Gasteiger charge is -2.32. The molecule has 0 radical (unpaired) electrons. The summed E-state index contributed by atoms with van der Waals surface area (Å²) in [6.45, 7) is 0.607. The van der Waals surface area contributed by atoms with Crippen molar-refractivity contribution < 1.29 is 32.0 Å². The number of alkyl halides is 3. The Morgan fingerprint density at radius 1 is 1.25 bits per heavy atom. The van der Waals surface area contributed by atoms with Gasteiger partial charge in [-0.1, -0.05) is 11.2 Å². The summed E-state index contributed by atoms with van der Waals surface area (Å²) in [5, 5.41) is 5.94. The monoisotopic (exact) mass is 397 g/mol. The van der Waals surface area contributed by atoms with Gasteiger partial charge in [0.1, 0.15) is 18.1 Å². The molecule has 0 atom stereocenters. The molecule has 0 bridgehead atoms. The molecule has 1 aliphatic rings. The molecule has 2 heterocycles. The quantitative estimate of drug-likeness (QED) is 0.838. The average Bonchev–Trinajstić information content (AvgIpc) is 3.21. The smallest absolute Gasteiger partial charge is 0.416 e. The molecule has 2 aromatic rings. The van der Waals surface area contributed by atoms with Crippen LogP contribution in [0, 0.1) is 0 Å². The first-order valence-electron chi connectivity index (χ1n) is 8.63. The summed E-state index contributed by atoms with van der Waals surface area (Å²) < 4.78 is 48.5. The summed E-state index contributed by atoms with van der Waals surface area (Å²) in [5.74, 6) is -0.612. The average molecular weight is 397 g/mol. The first-order chi connectivity index (χ1) is 13.3. The predicted molar refractivity (Wildman–Crippen MR) is 90.5 cm³/mol. The van der Waals surface area contributed by atoms with Crippen LogP contribution in [-0.2, 0) is 11.0 Å². The number of ether oxygens (including phenoxy) is 1. The van der Waals surface area contributed by atoms with Crippen molar-refractivity contribution in [3.05, 3.63) is 47.9 Å². The minimum Gasteiger partial charge on any atom is -0.490 e. The van der Waals surface area contributed by atoms with Crippen molar-refractivity contribution in [1.29, 1.82) is 0 Å². The summed E-state index contributed by atoms with van der Waals surface area (Å²) in [4.78, 5) is 25.5. The van der Waals surface area contributed by atoms with E-state index >= 15 is 0 Å². The molecule has 1 aliphatic heterocycles. The fourth-order valence-corrected chi connectivity index (χ4v) is 2.85. The third kappa shape index (κ3) is 5.02. The number of hydrogen-bond donors (Lipinski definition) is 1. The Hall–Kier alpha value is -3.04. The minimum absolute atomic E-state index is 0.0843. The first-order valence-corrected chi connectivity index (χ1v) is 8.63. The van der Waals surface area contributed by atoms with E-state index in [0.29, 0.717) is 25.9 Å². The fourth-order valence-electron chi connectivity index (χ4n) is 2.85. The van der Waals surface area contributed by atoms with Gasteiger partial charge in [-0.15, -0.1) is 0 Å². The number of hydrogen-bond acceptors (Lipinski definition) is 5. The van der Waals surface area contributed by atoms with Crippen LogP contribution in [-0.4, -0.2) is 47.6 Å². The molecule has 7 nitrogen and oxygen atoms in total. The number of carbonyl (C=O) groups is 2. The van der Waals surface area contributed by atoms with Crippen LogP contribution in [0.3, 0.4) is 0 Å². The molecule has 0 saturated carbocycles. The molecule has 150 valence electrons. The Bertz CT molecular complexity index is 816. The molecule has 0 unspecified atom stereocenters. The predicted octanol–water partition coefficient (Wildman–Crippen LogP) is 2.49. The van der Waals surface area contributed by atoms with Crippen LogP contribution in [0.5, 0.6) is 5.75 Å². The van der Waals surface area contributed by atoms with Gasteiger partial charge in [-0.3, -0.25) is 9.59 Å². The number of nitrogens with zero attached hydrogens (tertiary/aromatic N) is 2. The van der Waals surface area contributed by atoms with Crippen molar-refractivity contribution in [3.63, 3.8) is 0 Å². The number of benzene rings is 1. The van der Waals surface area contributed by atoms with Gasteiger partial charge in [-0.2, -0.15) is 13.2 Å². The minimum atomic E-state index is -4.43. The van der Waals surface area contributed by atoms with Gasteiger partial charge in [0, 0.05) is 32.0 Å². The largest absolute Gasteiger partial charge is 0.490 e. The second-order valence-corrected chi connectivity index (χ2v) is 6.29. The Balaban J connectivity index is 1.45. The SMILES string of the molecule is O=C(NCC(=O)N1CCC(Oc2cccc(C(F)(F)F)c2)CC1)c1ccon1. The number of amides is 2. The maximum Gasteiger partial charge on any atom is 0.416 e. The molecule has 28 heavy (non-hydrogen) atoms. The lowest BCUT2D eigenvalue weighted by molar-refractivity contribution is -0.138. The van der Waals surface area contributed by atoms with Gasteiger partial charge in [0.25, 0.3) is 5.91 Å². The van der Waals surface area contributed by atoms with E-state index in [4.69, 9.17) is 4.74 Å². The molecular formula is C18H18F3N3O4. The van der Waals surface area contributed by atoms with Crippen LogP contribution in [0.1, 0.15) is 28.9 Å². The van der Waals surface area contributed by atoms with Crippen LogP contribution in [0.25, 0.3) is 0 Å². The molecule has 1 fully saturated rings. The fraction of sp³-hybridized carbons (Fsp3) is 0.389. The van der Waals surface area contributed by atoms with E-state index in [1.165, 1.54) is 24.5 Å². The number of rotatable bonds is 5. The number of carbonyl (C=O) groups excluding carboxylic acids is 2. The molecule has 2 amide bonds. The van der Waals surface area contributed by atoms with E-state index in [-0.39, 0.29) is 30.0 Å². The van der Waals surface area contributed by atoms with Crippen LogP contribution >= 0.6 is 0 Å². The Labute approximate surface area is 158 Å². The van der Waals surface area contributed by atoms with Gasteiger partial charge in [0.05, 0.1) is 12.1 Å². The van der Waals surface area contributed by atoms with Crippen LogP contribution in [0.4, 0.5) is 13.2 Å². The maximum absolute atomic E-state index is 12.8. The highest BCUT2D eigenvalue weighted by atomic mass is 19.4. The number of piperidine rings is 1. The van der Waals surface area contributed by atoms with Gasteiger partial charge in [-0.25, -0.2) is 0 Å². The van der Waals surface area contributed by atoms with Gasteiger partial charge in [0.15, 0.2) is 5.69 Å². The zero-order valence-electron chi connectivity index (χ0n) is 14.7. The number of likely N-dealkylation sites (tertiary alicyclic amines) is 1. The van der Waals surface area contributed by atoms with Gasteiger partial charge in [-0.05, 0) is 18.2 Å². The van der Waals surface area contributed by atoms with Crippen molar-refractivity contribution in [1.82, 2.24) is 15.4 Å². The van der Waals surface area contributed by atoms with Crippen molar-refractivity contribution in [2.45, 2.75) is 25.1 Å². The molecule has 1 N–H and O–H groups in total. The Morgan fingerprint density at radius 2 is 2.00 bits per heavy atom. The van der Waals surface area contributed by atoms with E-state index in [2.05, 4.69) is 15.0 Å². The Morgan fingerprint density at radius 3 is 2.64 bits per heavy atom. The van der Waals surface area contributed by atoms with E-state index in [1.807, 2.05) is 0 Å². The highest BCUT2D eigenvalue weighted by Gasteiger charge is 2.31. The highest BCUT2D eigenvalue weighted by molar-refractivity contribution is 5.94. The summed E-state index contributed by atoms with van der Waals surface area (Å²) >= 11 is 0. The first kappa shape index (κ1) is 19.7. The van der Waals surface area contributed by atoms with Crippen LogP contribution in [0.2, 0.25) is 0 Å². The summed E-state index contributed by atoms with van der Waals surface area (Å²) in [6, 6.07) is 6.12.